The van der Waals surface area contributed by atoms with Crippen LogP contribution in [0.15, 0.2) is 41.4 Å². The first kappa shape index (κ1) is 24.7. The summed E-state index contributed by atoms with van der Waals surface area (Å²) in [5.41, 5.74) is -2.07. The quantitative estimate of drug-likeness (QED) is 0.627. The minimum absolute atomic E-state index is 0.120. The molecule has 3 rings (SSSR count). The summed E-state index contributed by atoms with van der Waals surface area (Å²) in [5, 5.41) is 7.24. The van der Waals surface area contributed by atoms with E-state index < -0.39 is 64.5 Å². The van der Waals surface area contributed by atoms with E-state index in [9.17, 15) is 39.6 Å². The summed E-state index contributed by atoms with van der Waals surface area (Å²) in [7, 11) is -4.14. The number of hydrogen-bond acceptors (Lipinski definition) is 6. The Bertz CT molecular complexity index is 1150. The van der Waals surface area contributed by atoms with Gasteiger partial charge < -0.3 is 15.0 Å². The fraction of sp³-hybridized carbons (Fsp3) is 0.333. The molecule has 2 heterocycles. The van der Waals surface area contributed by atoms with E-state index in [4.69, 9.17) is 5.14 Å². The van der Waals surface area contributed by atoms with Crippen LogP contribution in [0.5, 0.6) is 0 Å². The fourth-order valence-corrected chi connectivity index (χ4v) is 3.58. The van der Waals surface area contributed by atoms with Gasteiger partial charge in [0, 0.05) is 18.4 Å². The van der Waals surface area contributed by atoms with Crippen molar-refractivity contribution in [2.75, 3.05) is 29.9 Å². The molecule has 1 amide bonds. The van der Waals surface area contributed by atoms with Gasteiger partial charge >= 0.3 is 12.4 Å². The molecule has 1 aromatic carbocycles. The monoisotopic (exact) mass is 498 g/mol. The molecule has 1 atom stereocenters. The molecule has 33 heavy (non-hydrogen) atoms. The summed E-state index contributed by atoms with van der Waals surface area (Å²) in [5.74, 6) is -1.56. The van der Waals surface area contributed by atoms with Crippen LogP contribution >= 0.6 is 0 Å². The molecule has 3 N–H and O–H groups in total. The third-order valence-electron chi connectivity index (χ3n) is 4.59. The van der Waals surface area contributed by atoms with Crippen molar-refractivity contribution >= 4 is 27.4 Å². The average molecular weight is 498 g/mol. The molecule has 0 unspecified atom stereocenters. The van der Waals surface area contributed by atoms with Gasteiger partial charge in [-0.3, -0.25) is 4.79 Å². The Morgan fingerprint density at radius 2 is 1.88 bits per heavy atom. The molecular weight excluding hydrogens is 482 g/mol. The number of primary sulfonamides is 1. The highest BCUT2D eigenvalue weighted by Crippen LogP contribution is 2.34. The van der Waals surface area contributed by atoms with E-state index in [-0.39, 0.29) is 17.1 Å². The van der Waals surface area contributed by atoms with Crippen LogP contribution in [0.4, 0.5) is 37.8 Å². The minimum atomic E-state index is -4.88. The van der Waals surface area contributed by atoms with Gasteiger partial charge in [-0.2, -0.15) is 26.3 Å². The maximum Gasteiger partial charge on any atom is 0.417 e. The Balaban J connectivity index is 1.99. The van der Waals surface area contributed by atoms with E-state index in [1.54, 1.807) is 0 Å². The lowest BCUT2D eigenvalue weighted by Gasteiger charge is -2.35. The maximum absolute atomic E-state index is 13.2. The summed E-state index contributed by atoms with van der Waals surface area (Å²) in [6.45, 7) is -1.35. The van der Waals surface area contributed by atoms with Crippen LogP contribution in [0.1, 0.15) is 15.9 Å². The summed E-state index contributed by atoms with van der Waals surface area (Å²) in [6, 6.07) is 5.05. The van der Waals surface area contributed by atoms with E-state index >= 15 is 0 Å². The van der Waals surface area contributed by atoms with Crippen molar-refractivity contribution in [1.29, 1.82) is 0 Å². The van der Waals surface area contributed by atoms with Crippen LogP contribution in [0.3, 0.4) is 0 Å². The molecule has 1 aliphatic heterocycles. The zero-order valence-corrected chi connectivity index (χ0v) is 17.3. The Kier molecular flexibility index (Phi) is 6.59. The number of carbonyl (C=O) groups is 1. The van der Waals surface area contributed by atoms with Crippen LogP contribution < -0.4 is 15.4 Å². The molecule has 2 aromatic rings. The number of morpholine rings is 1. The van der Waals surface area contributed by atoms with E-state index in [0.29, 0.717) is 12.3 Å². The van der Waals surface area contributed by atoms with Crippen LogP contribution in [0.25, 0.3) is 0 Å². The molecule has 0 spiro atoms. The normalized spacial score (nSPS) is 17.7. The molecule has 0 aliphatic carbocycles. The highest BCUT2D eigenvalue weighted by molar-refractivity contribution is 7.89. The topological polar surface area (TPSA) is 115 Å². The summed E-state index contributed by atoms with van der Waals surface area (Å²) in [6.07, 6.45) is -11.4. The lowest BCUT2D eigenvalue weighted by Crippen LogP contribution is -2.50. The second kappa shape index (κ2) is 8.79. The number of hydrogen-bond donors (Lipinski definition) is 2. The standard InChI is InChI=1S/C18H16F6N4O4S/c19-17(20,21)10-6-13(16(29)27-11-2-1-3-12(7-11)33(25,30)31)15(26-8-10)28-4-5-32-14(9-28)18(22,23)24/h1-3,6-8,14H,4-5,9H2,(H,27,29)(H2,25,30,31)/t14-/m1/s1. The SMILES string of the molecule is NS(=O)(=O)c1cccc(NC(=O)c2cc(C(F)(F)F)cnc2N2CCO[C@@H](C(F)(F)F)C2)c1. The molecule has 1 fully saturated rings. The van der Waals surface area contributed by atoms with Gasteiger partial charge in [-0.15, -0.1) is 0 Å². The number of benzene rings is 1. The first-order chi connectivity index (χ1) is 15.2. The molecule has 1 saturated heterocycles. The number of nitrogens with one attached hydrogen (secondary N) is 1. The lowest BCUT2D eigenvalue weighted by atomic mass is 10.1. The van der Waals surface area contributed by atoms with Crippen LogP contribution in [-0.2, 0) is 20.9 Å². The summed E-state index contributed by atoms with van der Waals surface area (Å²) in [4.78, 5) is 17.1. The largest absolute Gasteiger partial charge is 0.417 e. The number of nitrogens with two attached hydrogens (primary N) is 1. The number of sulfonamides is 1. The van der Waals surface area contributed by atoms with Gasteiger partial charge in [-0.05, 0) is 24.3 Å². The van der Waals surface area contributed by atoms with Crippen molar-refractivity contribution in [3.05, 3.63) is 47.7 Å². The van der Waals surface area contributed by atoms with Crippen LogP contribution in [0.2, 0.25) is 0 Å². The highest BCUT2D eigenvalue weighted by atomic mass is 32.2. The maximum atomic E-state index is 13.2. The zero-order chi connectivity index (χ0) is 24.6. The van der Waals surface area contributed by atoms with E-state index in [0.717, 1.165) is 17.0 Å². The Hall–Kier alpha value is -2.91. The Labute approximate surface area is 183 Å². The predicted molar refractivity (Wildman–Crippen MR) is 103 cm³/mol. The van der Waals surface area contributed by atoms with E-state index in [1.165, 1.54) is 12.1 Å². The van der Waals surface area contributed by atoms with Gasteiger partial charge in [-0.1, -0.05) is 6.07 Å². The third kappa shape index (κ3) is 5.91. The Morgan fingerprint density at radius 3 is 2.48 bits per heavy atom. The third-order valence-corrected chi connectivity index (χ3v) is 5.50. The summed E-state index contributed by atoms with van der Waals surface area (Å²) >= 11 is 0. The molecule has 0 saturated carbocycles. The van der Waals surface area contributed by atoms with E-state index in [1.807, 2.05) is 0 Å². The zero-order valence-electron chi connectivity index (χ0n) is 16.4. The number of ether oxygens (including phenoxy) is 1. The lowest BCUT2D eigenvalue weighted by molar-refractivity contribution is -0.221. The van der Waals surface area contributed by atoms with Crippen molar-refractivity contribution in [2.45, 2.75) is 23.4 Å². The summed E-state index contributed by atoms with van der Waals surface area (Å²) < 4.78 is 106. The number of amides is 1. The molecule has 180 valence electrons. The number of alkyl halides is 6. The highest BCUT2D eigenvalue weighted by Gasteiger charge is 2.44. The van der Waals surface area contributed by atoms with Crippen molar-refractivity contribution < 1.29 is 44.3 Å². The Morgan fingerprint density at radius 1 is 1.18 bits per heavy atom. The van der Waals surface area contributed by atoms with Crippen LogP contribution in [0, 0.1) is 0 Å². The molecule has 1 aliphatic rings. The van der Waals surface area contributed by atoms with Gasteiger partial charge in [0.2, 0.25) is 10.0 Å². The molecule has 8 nitrogen and oxygen atoms in total. The molecule has 1 aromatic heterocycles. The first-order valence-electron chi connectivity index (χ1n) is 9.11. The first-order valence-corrected chi connectivity index (χ1v) is 10.7. The predicted octanol–water partition coefficient (Wildman–Crippen LogP) is 2.77. The van der Waals surface area contributed by atoms with Crippen molar-refractivity contribution in [3.63, 3.8) is 0 Å². The molecule has 0 radical (unpaired) electrons. The molecule has 15 heteroatoms. The van der Waals surface area contributed by atoms with Gasteiger partial charge in [0.15, 0.2) is 6.10 Å². The fourth-order valence-electron chi connectivity index (χ4n) is 3.02. The van der Waals surface area contributed by atoms with Gasteiger partial charge in [0.25, 0.3) is 5.91 Å². The second-order valence-corrected chi connectivity index (χ2v) is 8.53. The number of rotatable bonds is 4. The van der Waals surface area contributed by atoms with Gasteiger partial charge in [-0.25, -0.2) is 18.5 Å². The van der Waals surface area contributed by atoms with Crippen molar-refractivity contribution in [2.24, 2.45) is 5.14 Å². The minimum Gasteiger partial charge on any atom is -0.365 e. The number of nitrogens with zero attached hydrogens (tertiary/aromatic N) is 2. The number of anilines is 2. The molecular formula is C18H16F6N4O4S. The van der Waals surface area contributed by atoms with E-state index in [2.05, 4.69) is 15.0 Å². The van der Waals surface area contributed by atoms with Crippen molar-refractivity contribution in [3.8, 4) is 0 Å². The average Bonchev–Trinajstić information content (AvgIpc) is 2.71. The smallest absolute Gasteiger partial charge is 0.365 e. The number of carbonyl (C=O) groups excluding carboxylic acids is 1. The number of halogens is 6. The second-order valence-electron chi connectivity index (χ2n) is 6.97. The number of pyridine rings is 1. The van der Waals surface area contributed by atoms with Gasteiger partial charge in [0.05, 0.1) is 29.2 Å². The molecule has 0 bridgehead atoms. The van der Waals surface area contributed by atoms with Gasteiger partial charge in [0.1, 0.15) is 5.82 Å². The van der Waals surface area contributed by atoms with Crippen molar-refractivity contribution in [1.82, 2.24) is 4.98 Å². The number of aromatic nitrogens is 1. The van der Waals surface area contributed by atoms with Crippen LogP contribution in [-0.4, -0.2) is 51.3 Å².